The molecule has 2 aromatic heterocycles. The number of methoxy groups -OCH3 is 1. The van der Waals surface area contributed by atoms with E-state index in [1.807, 2.05) is 22.6 Å². The molecular formula is C13H8F3IN4O3. The molecular weight excluding hydrogens is 444 g/mol. The highest BCUT2D eigenvalue weighted by Crippen LogP contribution is 2.28. The lowest BCUT2D eigenvalue weighted by atomic mass is 10.1. The predicted molar refractivity (Wildman–Crippen MR) is 82.6 cm³/mol. The van der Waals surface area contributed by atoms with E-state index in [1.54, 1.807) is 0 Å². The first-order chi connectivity index (χ1) is 11.4. The fourth-order valence-corrected chi connectivity index (χ4v) is 2.66. The lowest BCUT2D eigenvalue weighted by molar-refractivity contribution is -0.274. The van der Waals surface area contributed by atoms with Gasteiger partial charge in [0, 0.05) is 9.99 Å². The molecule has 1 aromatic carbocycles. The molecule has 3 aromatic rings. The molecule has 24 heavy (non-hydrogen) atoms. The van der Waals surface area contributed by atoms with E-state index >= 15 is 0 Å². The molecule has 0 spiro atoms. The van der Waals surface area contributed by atoms with E-state index in [0.29, 0.717) is 9.26 Å². The number of halogens is 4. The molecule has 11 heteroatoms. The van der Waals surface area contributed by atoms with Crippen LogP contribution in [-0.4, -0.2) is 33.8 Å². The fourth-order valence-electron chi connectivity index (χ4n) is 1.98. The van der Waals surface area contributed by atoms with E-state index < -0.39 is 6.36 Å². The Morgan fingerprint density at radius 1 is 1.17 bits per heavy atom. The lowest BCUT2D eigenvalue weighted by Gasteiger charge is -2.11. The van der Waals surface area contributed by atoms with Gasteiger partial charge in [0.2, 0.25) is 17.2 Å². The Morgan fingerprint density at radius 3 is 2.50 bits per heavy atom. The zero-order chi connectivity index (χ0) is 17.3. The largest absolute Gasteiger partial charge is 0.573 e. The van der Waals surface area contributed by atoms with E-state index in [4.69, 9.17) is 4.74 Å². The topological polar surface area (TPSA) is 83.2 Å². The molecule has 0 aliphatic carbocycles. The Labute approximate surface area is 146 Å². The summed E-state index contributed by atoms with van der Waals surface area (Å²) in [4.78, 5) is 8.37. The summed E-state index contributed by atoms with van der Waals surface area (Å²) in [7, 11) is 1.43. The monoisotopic (exact) mass is 452 g/mol. The Kier molecular flexibility index (Phi) is 4.43. The molecule has 0 amide bonds. The molecule has 0 aliphatic rings. The first kappa shape index (κ1) is 16.7. The number of benzene rings is 1. The van der Waals surface area contributed by atoms with Crippen LogP contribution in [0.3, 0.4) is 0 Å². The van der Waals surface area contributed by atoms with Gasteiger partial charge < -0.3 is 9.47 Å². The predicted octanol–water partition coefficient (Wildman–Crippen LogP) is 3.12. The van der Waals surface area contributed by atoms with Crippen LogP contribution in [0.2, 0.25) is 0 Å². The summed E-state index contributed by atoms with van der Waals surface area (Å²) in [5.74, 6) is -0.0468. The minimum atomic E-state index is -4.73. The second kappa shape index (κ2) is 6.37. The van der Waals surface area contributed by atoms with Gasteiger partial charge in [0.25, 0.3) is 0 Å². The molecule has 3 rings (SSSR count). The van der Waals surface area contributed by atoms with Crippen LogP contribution in [-0.2, 0) is 6.42 Å². The van der Waals surface area contributed by atoms with Crippen molar-refractivity contribution in [2.75, 3.05) is 7.11 Å². The van der Waals surface area contributed by atoms with Gasteiger partial charge >= 0.3 is 6.36 Å². The van der Waals surface area contributed by atoms with Gasteiger partial charge in [-0.3, -0.25) is 0 Å². The molecule has 0 radical (unpaired) electrons. The molecule has 7 nitrogen and oxygen atoms in total. The first-order valence-electron chi connectivity index (χ1n) is 6.43. The maximum absolute atomic E-state index is 12.3. The van der Waals surface area contributed by atoms with Gasteiger partial charge in [0.05, 0.1) is 7.11 Å². The van der Waals surface area contributed by atoms with Crippen molar-refractivity contribution < 1.29 is 27.3 Å². The molecule has 0 saturated carbocycles. The third kappa shape index (κ3) is 3.66. The maximum atomic E-state index is 12.3. The van der Waals surface area contributed by atoms with Crippen LogP contribution in [0.4, 0.5) is 13.2 Å². The Bertz CT molecular complexity index is 885. The summed E-state index contributed by atoms with van der Waals surface area (Å²) in [6, 6.07) is 4.05. The molecule has 0 unspecified atom stereocenters. The molecule has 0 fully saturated rings. The number of alkyl halides is 3. The maximum Gasteiger partial charge on any atom is 0.573 e. The van der Waals surface area contributed by atoms with E-state index in [1.165, 1.54) is 25.3 Å². The highest BCUT2D eigenvalue weighted by atomic mass is 127. The van der Waals surface area contributed by atoms with E-state index in [9.17, 15) is 13.2 Å². The number of aromatic nitrogens is 4. The normalized spacial score (nSPS) is 11.7. The number of rotatable bonds is 4. The number of nitrogens with zero attached hydrogens (tertiary/aromatic N) is 4. The second-order valence-corrected chi connectivity index (χ2v) is 5.73. The third-order valence-electron chi connectivity index (χ3n) is 2.96. The standard InChI is InChI=1S/C13H8F3IN4O3/c1-22-12-9(18-10-11(19-12)21-24-20-10)4-6-2-3-7(5-8(6)17)23-13(14,15)16/h2-3,5H,4H2,1H3. The molecule has 0 N–H and O–H groups in total. The minimum absolute atomic E-state index is 0.208. The third-order valence-corrected chi connectivity index (χ3v) is 3.96. The van der Waals surface area contributed by atoms with E-state index in [2.05, 4.69) is 29.6 Å². The summed E-state index contributed by atoms with van der Waals surface area (Å²) in [6.45, 7) is 0. The highest BCUT2D eigenvalue weighted by Gasteiger charge is 2.31. The van der Waals surface area contributed by atoms with E-state index in [-0.39, 0.29) is 29.3 Å². The summed E-state index contributed by atoms with van der Waals surface area (Å²) < 4.78 is 51.0. The highest BCUT2D eigenvalue weighted by molar-refractivity contribution is 14.1. The smallest absolute Gasteiger partial charge is 0.480 e. The van der Waals surface area contributed by atoms with Gasteiger partial charge in [-0.2, -0.15) is 4.98 Å². The fraction of sp³-hybridized carbons (Fsp3) is 0.231. The SMILES string of the molecule is COc1nc2nonc2nc1Cc1ccc(OC(F)(F)F)cc1I. The quantitative estimate of drug-likeness (QED) is 0.563. The van der Waals surface area contributed by atoms with Crippen molar-refractivity contribution in [2.24, 2.45) is 0 Å². The molecule has 0 bridgehead atoms. The van der Waals surface area contributed by atoms with Crippen LogP contribution in [0.5, 0.6) is 11.6 Å². The van der Waals surface area contributed by atoms with Crippen molar-refractivity contribution >= 4 is 33.9 Å². The Hall–Kier alpha value is -2.18. The van der Waals surface area contributed by atoms with Crippen molar-refractivity contribution in [3.05, 3.63) is 33.0 Å². The number of ether oxygens (including phenoxy) is 2. The molecule has 0 saturated heterocycles. The van der Waals surface area contributed by atoms with Crippen molar-refractivity contribution in [1.29, 1.82) is 0 Å². The summed E-state index contributed by atoms with van der Waals surface area (Å²) in [5.41, 5.74) is 1.62. The summed E-state index contributed by atoms with van der Waals surface area (Å²) in [6.07, 6.45) is -4.45. The summed E-state index contributed by atoms with van der Waals surface area (Å²) >= 11 is 1.92. The van der Waals surface area contributed by atoms with E-state index in [0.717, 1.165) is 5.56 Å². The van der Waals surface area contributed by atoms with Gasteiger partial charge in [-0.05, 0) is 50.6 Å². The molecule has 0 aliphatic heterocycles. The zero-order valence-corrected chi connectivity index (χ0v) is 14.1. The average molecular weight is 452 g/mol. The number of fused-ring (bicyclic) bond motifs is 1. The Balaban J connectivity index is 1.90. The van der Waals surface area contributed by atoms with Gasteiger partial charge in [-0.15, -0.1) is 13.2 Å². The average Bonchev–Trinajstić information content (AvgIpc) is 2.94. The summed E-state index contributed by atoms with van der Waals surface area (Å²) in [5, 5.41) is 7.19. The van der Waals surface area contributed by atoms with Crippen LogP contribution in [0, 0.1) is 3.57 Å². The van der Waals surface area contributed by atoms with Crippen molar-refractivity contribution in [3.8, 4) is 11.6 Å². The molecule has 0 atom stereocenters. The zero-order valence-electron chi connectivity index (χ0n) is 12.0. The minimum Gasteiger partial charge on any atom is -0.480 e. The van der Waals surface area contributed by atoms with Gasteiger partial charge in [-0.1, -0.05) is 6.07 Å². The van der Waals surface area contributed by atoms with Crippen LogP contribution in [0.25, 0.3) is 11.3 Å². The second-order valence-electron chi connectivity index (χ2n) is 4.57. The number of hydrogen-bond acceptors (Lipinski definition) is 7. The van der Waals surface area contributed by atoms with Gasteiger partial charge in [0.1, 0.15) is 11.4 Å². The van der Waals surface area contributed by atoms with Crippen molar-refractivity contribution in [1.82, 2.24) is 20.3 Å². The first-order valence-corrected chi connectivity index (χ1v) is 7.51. The molecule has 2 heterocycles. The molecule has 126 valence electrons. The van der Waals surface area contributed by atoms with Gasteiger partial charge in [0.15, 0.2) is 0 Å². The van der Waals surface area contributed by atoms with Crippen molar-refractivity contribution in [2.45, 2.75) is 12.8 Å². The van der Waals surface area contributed by atoms with Crippen LogP contribution in [0.15, 0.2) is 22.8 Å². The van der Waals surface area contributed by atoms with Crippen LogP contribution in [0.1, 0.15) is 11.3 Å². The van der Waals surface area contributed by atoms with Crippen LogP contribution < -0.4 is 9.47 Å². The number of hydrogen-bond donors (Lipinski definition) is 0. The van der Waals surface area contributed by atoms with Gasteiger partial charge in [-0.25, -0.2) is 9.61 Å². The van der Waals surface area contributed by atoms with Crippen molar-refractivity contribution in [3.63, 3.8) is 0 Å². The Morgan fingerprint density at radius 2 is 1.88 bits per heavy atom. The van der Waals surface area contributed by atoms with Crippen LogP contribution >= 0.6 is 22.6 Å². The lowest BCUT2D eigenvalue weighted by Crippen LogP contribution is -2.17.